The number of nitrogens with one attached hydrogen (secondary N) is 1. The molecule has 0 fully saturated rings. The Bertz CT molecular complexity index is 578. The van der Waals surface area contributed by atoms with Gasteiger partial charge in [-0.3, -0.25) is 4.79 Å². The zero-order valence-electron chi connectivity index (χ0n) is 16.8. The van der Waals surface area contributed by atoms with E-state index >= 15 is 0 Å². The number of rotatable bonds is 8. The molecule has 1 amide bonds. The molecule has 0 saturated heterocycles. The predicted octanol–water partition coefficient (Wildman–Crippen LogP) is 2.76. The molecule has 1 atom stereocenters. The van der Waals surface area contributed by atoms with Gasteiger partial charge in [0, 0.05) is 27.2 Å². The van der Waals surface area contributed by atoms with Crippen LogP contribution < -0.4 is 10.1 Å². The molecule has 1 N–H and O–H groups in total. The number of amides is 1. The van der Waals surface area contributed by atoms with Crippen molar-refractivity contribution in [2.45, 2.75) is 33.2 Å². The molecule has 0 aliphatic carbocycles. The second-order valence-corrected chi connectivity index (χ2v) is 6.42. The monoisotopic (exact) mass is 476 g/mol. The smallest absolute Gasteiger partial charge is 0.243 e. The Morgan fingerprint density at radius 1 is 1.27 bits per heavy atom. The van der Waals surface area contributed by atoms with Gasteiger partial charge in [0.15, 0.2) is 5.96 Å². The maximum atomic E-state index is 11.8. The molecule has 0 radical (unpaired) electrons. The summed E-state index contributed by atoms with van der Waals surface area (Å²) in [6.45, 7) is 7.59. The largest absolute Gasteiger partial charge is 0.491 e. The molecule has 0 heterocycles. The molecule has 0 aromatic heterocycles. The Morgan fingerprint density at radius 3 is 2.50 bits per heavy atom. The highest BCUT2D eigenvalue weighted by Gasteiger charge is 2.11. The van der Waals surface area contributed by atoms with E-state index in [0.29, 0.717) is 13.2 Å². The van der Waals surface area contributed by atoms with Gasteiger partial charge in [-0.1, -0.05) is 25.1 Å². The highest BCUT2D eigenvalue weighted by atomic mass is 127. The molecule has 7 heteroatoms. The van der Waals surface area contributed by atoms with E-state index in [1.807, 2.05) is 43.1 Å². The Hall–Kier alpha value is -1.51. The van der Waals surface area contributed by atoms with Gasteiger partial charge < -0.3 is 19.9 Å². The van der Waals surface area contributed by atoms with Crippen LogP contribution in [0.3, 0.4) is 0 Å². The maximum absolute atomic E-state index is 11.8. The third kappa shape index (κ3) is 8.73. The van der Waals surface area contributed by atoms with Crippen molar-refractivity contribution in [3.63, 3.8) is 0 Å². The molecule has 1 rings (SSSR count). The molecule has 1 aromatic rings. The van der Waals surface area contributed by atoms with Crippen molar-refractivity contribution in [2.75, 3.05) is 40.8 Å². The maximum Gasteiger partial charge on any atom is 0.243 e. The summed E-state index contributed by atoms with van der Waals surface area (Å²) in [4.78, 5) is 19.8. The zero-order valence-corrected chi connectivity index (χ0v) is 19.1. The quantitative estimate of drug-likeness (QED) is 0.356. The number of likely N-dealkylation sites (N-methyl/N-ethyl adjacent to an activating group) is 2. The van der Waals surface area contributed by atoms with Crippen molar-refractivity contribution in [2.24, 2.45) is 4.99 Å². The molecule has 0 bridgehead atoms. The van der Waals surface area contributed by atoms with Gasteiger partial charge >= 0.3 is 0 Å². The number of carbonyl (C=O) groups is 1. The van der Waals surface area contributed by atoms with Crippen LogP contribution in [0.2, 0.25) is 0 Å². The molecule has 6 nitrogen and oxygen atoms in total. The van der Waals surface area contributed by atoms with Crippen molar-refractivity contribution >= 4 is 35.8 Å². The lowest BCUT2D eigenvalue weighted by Gasteiger charge is -2.25. The van der Waals surface area contributed by atoms with Crippen molar-refractivity contribution in [1.29, 1.82) is 0 Å². The zero-order chi connectivity index (χ0) is 18.8. The average molecular weight is 476 g/mol. The molecular formula is C19H33IN4O2. The van der Waals surface area contributed by atoms with Gasteiger partial charge in [0.2, 0.25) is 5.91 Å². The number of ether oxygens (including phenoxy) is 1. The van der Waals surface area contributed by atoms with Gasteiger partial charge in [-0.25, -0.2) is 4.99 Å². The summed E-state index contributed by atoms with van der Waals surface area (Å²) in [5.41, 5.74) is 1.12. The van der Waals surface area contributed by atoms with Gasteiger partial charge in [0.25, 0.3) is 0 Å². The molecule has 0 aliphatic rings. The summed E-state index contributed by atoms with van der Waals surface area (Å²) >= 11 is 0. The van der Waals surface area contributed by atoms with Crippen molar-refractivity contribution in [1.82, 2.24) is 15.1 Å². The Balaban J connectivity index is 0.00000625. The second kappa shape index (κ2) is 12.8. The lowest BCUT2D eigenvalue weighted by Crippen LogP contribution is -2.45. The van der Waals surface area contributed by atoms with E-state index in [-0.39, 0.29) is 42.5 Å². The SMILES string of the molecule is CCC(C)NC(=NCC(=O)N(C)C)N(C)CCOc1ccccc1C.I. The number of benzene rings is 1. The van der Waals surface area contributed by atoms with Crippen LogP contribution in [0.4, 0.5) is 0 Å². The highest BCUT2D eigenvalue weighted by Crippen LogP contribution is 2.15. The van der Waals surface area contributed by atoms with Crippen LogP contribution in [0.25, 0.3) is 0 Å². The minimum absolute atomic E-state index is 0. The first kappa shape index (κ1) is 24.5. The van der Waals surface area contributed by atoms with Crippen LogP contribution >= 0.6 is 24.0 Å². The average Bonchev–Trinajstić information content (AvgIpc) is 2.59. The number of hydrogen-bond acceptors (Lipinski definition) is 3. The van der Waals surface area contributed by atoms with E-state index in [0.717, 1.165) is 23.7 Å². The number of aliphatic imine (C=N–C) groups is 1. The summed E-state index contributed by atoms with van der Waals surface area (Å²) in [6, 6.07) is 8.25. The molecule has 0 aliphatic heterocycles. The summed E-state index contributed by atoms with van der Waals surface area (Å²) in [7, 11) is 5.42. The Labute approximate surface area is 175 Å². The molecular weight excluding hydrogens is 443 g/mol. The van der Waals surface area contributed by atoms with Gasteiger partial charge in [-0.05, 0) is 31.9 Å². The van der Waals surface area contributed by atoms with E-state index in [2.05, 4.69) is 24.2 Å². The van der Waals surface area contributed by atoms with E-state index in [9.17, 15) is 4.79 Å². The lowest BCUT2D eigenvalue weighted by atomic mass is 10.2. The number of nitrogens with zero attached hydrogens (tertiary/aromatic N) is 3. The minimum Gasteiger partial charge on any atom is -0.491 e. The van der Waals surface area contributed by atoms with Crippen LogP contribution in [0, 0.1) is 6.92 Å². The van der Waals surface area contributed by atoms with Gasteiger partial charge in [0.05, 0.1) is 6.54 Å². The molecule has 1 unspecified atom stereocenters. The van der Waals surface area contributed by atoms with Gasteiger partial charge in [0.1, 0.15) is 18.9 Å². The van der Waals surface area contributed by atoms with E-state index < -0.39 is 0 Å². The minimum atomic E-state index is -0.0204. The second-order valence-electron chi connectivity index (χ2n) is 6.42. The van der Waals surface area contributed by atoms with E-state index in [1.165, 1.54) is 0 Å². The van der Waals surface area contributed by atoms with Crippen molar-refractivity contribution in [3.05, 3.63) is 29.8 Å². The number of halogens is 1. The van der Waals surface area contributed by atoms with Crippen LogP contribution in [0.5, 0.6) is 5.75 Å². The molecule has 1 aromatic carbocycles. The standard InChI is InChI=1S/C19H32N4O2.HI/c1-7-16(3)21-19(20-14-18(24)22(4)5)23(6)12-13-25-17-11-9-8-10-15(17)2;/h8-11,16H,7,12-14H2,1-6H3,(H,20,21);1H. The van der Waals surface area contributed by atoms with Crippen LogP contribution in [0.1, 0.15) is 25.8 Å². The third-order valence-corrected chi connectivity index (χ3v) is 3.99. The Morgan fingerprint density at radius 2 is 1.92 bits per heavy atom. The number of para-hydroxylation sites is 1. The normalized spacial score (nSPS) is 12.0. The van der Waals surface area contributed by atoms with Crippen molar-refractivity contribution < 1.29 is 9.53 Å². The van der Waals surface area contributed by atoms with Crippen LogP contribution in [0.15, 0.2) is 29.3 Å². The molecule has 0 saturated carbocycles. The first-order chi connectivity index (χ1) is 11.8. The van der Waals surface area contributed by atoms with Gasteiger partial charge in [-0.15, -0.1) is 24.0 Å². The predicted molar refractivity (Wildman–Crippen MR) is 119 cm³/mol. The topological polar surface area (TPSA) is 57.2 Å². The third-order valence-electron chi connectivity index (χ3n) is 3.99. The van der Waals surface area contributed by atoms with Crippen LogP contribution in [-0.4, -0.2) is 68.5 Å². The summed E-state index contributed by atoms with van der Waals surface area (Å²) in [5, 5.41) is 3.37. The summed E-state index contributed by atoms with van der Waals surface area (Å²) in [5.74, 6) is 1.60. The number of hydrogen-bond donors (Lipinski definition) is 1. The highest BCUT2D eigenvalue weighted by molar-refractivity contribution is 14.0. The van der Waals surface area contributed by atoms with Crippen LogP contribution in [-0.2, 0) is 4.79 Å². The molecule has 26 heavy (non-hydrogen) atoms. The number of carbonyl (C=O) groups excluding carboxylic acids is 1. The fourth-order valence-electron chi connectivity index (χ4n) is 2.00. The Kier molecular flexibility index (Phi) is 12.0. The first-order valence-electron chi connectivity index (χ1n) is 8.75. The first-order valence-corrected chi connectivity index (χ1v) is 8.75. The number of guanidine groups is 1. The number of aryl methyl sites for hydroxylation is 1. The van der Waals surface area contributed by atoms with E-state index in [4.69, 9.17) is 4.74 Å². The summed E-state index contributed by atoms with van der Waals surface area (Å²) in [6.07, 6.45) is 0.980. The van der Waals surface area contributed by atoms with E-state index in [1.54, 1.807) is 19.0 Å². The molecule has 148 valence electrons. The lowest BCUT2D eigenvalue weighted by molar-refractivity contribution is -0.127. The fourth-order valence-corrected chi connectivity index (χ4v) is 2.00. The van der Waals surface area contributed by atoms with Gasteiger partial charge in [-0.2, -0.15) is 0 Å². The fraction of sp³-hybridized carbons (Fsp3) is 0.579. The molecule has 0 spiro atoms. The van der Waals surface area contributed by atoms with Crippen molar-refractivity contribution in [3.8, 4) is 5.75 Å². The summed E-state index contributed by atoms with van der Waals surface area (Å²) < 4.78 is 5.85.